The van der Waals surface area contributed by atoms with Crippen LogP contribution in [-0.2, 0) is 14.3 Å². The molecule has 7 heteroatoms. The van der Waals surface area contributed by atoms with Gasteiger partial charge in [0.05, 0.1) is 38.5 Å². The van der Waals surface area contributed by atoms with Crippen LogP contribution in [0.15, 0.2) is 24.3 Å². The molecule has 26 heavy (non-hydrogen) atoms. The third kappa shape index (κ3) is 4.74. The molecular weight excluding hydrogens is 334 g/mol. The number of nitrogens with zero attached hydrogens (tertiary/aromatic N) is 1. The summed E-state index contributed by atoms with van der Waals surface area (Å²) in [7, 11) is 0. The van der Waals surface area contributed by atoms with Gasteiger partial charge in [-0.05, 0) is 31.9 Å². The van der Waals surface area contributed by atoms with Gasteiger partial charge in [-0.15, -0.1) is 0 Å². The number of carbonyl (C=O) groups is 2. The van der Waals surface area contributed by atoms with Gasteiger partial charge in [0.2, 0.25) is 0 Å². The number of piperazine rings is 1. The molecule has 0 unspecified atom stereocenters. The number of carbonyl (C=O) groups excluding carboxylic acids is 2. The summed E-state index contributed by atoms with van der Waals surface area (Å²) in [6.07, 6.45) is 1.54. The van der Waals surface area contributed by atoms with Crippen LogP contribution in [0.25, 0.3) is 0 Å². The summed E-state index contributed by atoms with van der Waals surface area (Å²) in [4.78, 5) is 27.8. The first-order valence-electron chi connectivity index (χ1n) is 9.43. The predicted molar refractivity (Wildman–Crippen MR) is 97.4 cm³/mol. The first-order valence-corrected chi connectivity index (χ1v) is 9.43. The maximum atomic E-state index is 12.4. The molecule has 0 bridgehead atoms. The highest BCUT2D eigenvalue weighted by Gasteiger charge is 2.32. The minimum absolute atomic E-state index is 0.0361. The van der Waals surface area contributed by atoms with E-state index >= 15 is 0 Å². The van der Waals surface area contributed by atoms with Crippen LogP contribution < -0.4 is 15.0 Å². The van der Waals surface area contributed by atoms with Crippen LogP contribution in [0, 0.1) is 0 Å². The Morgan fingerprint density at radius 2 is 2.08 bits per heavy atom. The minimum atomic E-state index is -0.255. The fourth-order valence-corrected chi connectivity index (χ4v) is 3.47. The summed E-state index contributed by atoms with van der Waals surface area (Å²) < 4.78 is 11.0. The summed E-state index contributed by atoms with van der Waals surface area (Å²) in [5.41, 5.74) is 0.700. The van der Waals surface area contributed by atoms with E-state index in [2.05, 4.69) is 5.32 Å². The Labute approximate surface area is 154 Å². The molecule has 7 nitrogen and oxygen atoms in total. The molecule has 2 saturated heterocycles. The van der Waals surface area contributed by atoms with Crippen molar-refractivity contribution in [2.75, 3.05) is 51.3 Å². The van der Waals surface area contributed by atoms with Crippen molar-refractivity contribution in [3.8, 4) is 5.75 Å². The summed E-state index contributed by atoms with van der Waals surface area (Å²) in [6, 6.07) is 7.45. The Bertz CT molecular complexity index is 623. The van der Waals surface area contributed by atoms with Crippen LogP contribution in [0.2, 0.25) is 0 Å². The average molecular weight is 362 g/mol. The molecule has 0 saturated carbocycles. The topological polar surface area (TPSA) is 72.3 Å². The van der Waals surface area contributed by atoms with Crippen molar-refractivity contribution < 1.29 is 24.0 Å². The zero-order chi connectivity index (χ0) is 18.4. The van der Waals surface area contributed by atoms with E-state index in [0.29, 0.717) is 44.3 Å². The molecule has 142 valence electrons. The minimum Gasteiger partial charge on any atom is -0.492 e. The van der Waals surface area contributed by atoms with Crippen LogP contribution in [0.5, 0.6) is 5.75 Å². The lowest BCUT2D eigenvalue weighted by Gasteiger charge is -2.33. The lowest BCUT2D eigenvalue weighted by molar-refractivity contribution is -0.895. The number of amides is 2. The fourth-order valence-electron chi connectivity index (χ4n) is 3.47. The Balaban J connectivity index is 1.45. The highest BCUT2D eigenvalue weighted by Crippen LogP contribution is 2.23. The molecule has 0 aromatic heterocycles. The zero-order valence-corrected chi connectivity index (χ0v) is 15.3. The Kier molecular flexibility index (Phi) is 6.46. The Hall–Kier alpha value is -2.12. The van der Waals surface area contributed by atoms with Gasteiger partial charge in [-0.3, -0.25) is 9.59 Å². The number of benzene rings is 1. The van der Waals surface area contributed by atoms with Gasteiger partial charge in [-0.25, -0.2) is 0 Å². The summed E-state index contributed by atoms with van der Waals surface area (Å²) in [5.74, 6) is 0.757. The molecule has 2 aliphatic rings. The van der Waals surface area contributed by atoms with Gasteiger partial charge >= 0.3 is 0 Å². The second kappa shape index (κ2) is 9.00. The van der Waals surface area contributed by atoms with Crippen molar-refractivity contribution in [3.05, 3.63) is 24.3 Å². The molecule has 1 aromatic carbocycles. The van der Waals surface area contributed by atoms with Crippen molar-refractivity contribution >= 4 is 17.5 Å². The standard InChI is InChI=1S/C19H27N3O4/c1-2-25-16-7-4-3-6-15(16)20-18(23)14-21-9-11-22(12-10-21)19(24)17-8-5-13-26-17/h3-4,6-7,17H,2,5,8-14H2,1H3,(H,20,23)/p+1/t17-/m1/s1. The van der Waals surface area contributed by atoms with E-state index in [1.54, 1.807) is 0 Å². The number of hydrogen-bond acceptors (Lipinski definition) is 4. The van der Waals surface area contributed by atoms with E-state index in [-0.39, 0.29) is 17.9 Å². The SMILES string of the molecule is CCOc1ccccc1NC(=O)C[NH+]1CCN(C(=O)[C@H]2CCCO2)CC1. The summed E-state index contributed by atoms with van der Waals surface area (Å²) in [6.45, 7) is 6.46. The lowest BCUT2D eigenvalue weighted by atomic mass is 10.2. The monoisotopic (exact) mass is 362 g/mol. The molecule has 1 atom stereocenters. The summed E-state index contributed by atoms with van der Waals surface area (Å²) in [5, 5.41) is 2.94. The highest BCUT2D eigenvalue weighted by atomic mass is 16.5. The first kappa shape index (κ1) is 18.7. The fraction of sp³-hybridized carbons (Fsp3) is 0.579. The van der Waals surface area contributed by atoms with E-state index in [1.165, 1.54) is 4.90 Å². The van der Waals surface area contributed by atoms with Crippen molar-refractivity contribution in [1.82, 2.24) is 4.90 Å². The van der Waals surface area contributed by atoms with Crippen LogP contribution in [0.3, 0.4) is 0 Å². The molecule has 3 rings (SSSR count). The number of para-hydroxylation sites is 2. The molecule has 2 amide bonds. The third-order valence-electron chi connectivity index (χ3n) is 4.86. The molecule has 2 heterocycles. The van der Waals surface area contributed by atoms with Crippen LogP contribution >= 0.6 is 0 Å². The van der Waals surface area contributed by atoms with Crippen molar-refractivity contribution in [3.63, 3.8) is 0 Å². The maximum Gasteiger partial charge on any atom is 0.279 e. The van der Waals surface area contributed by atoms with Gasteiger partial charge in [0, 0.05) is 6.61 Å². The largest absolute Gasteiger partial charge is 0.492 e. The molecule has 2 aliphatic heterocycles. The van der Waals surface area contributed by atoms with Gasteiger partial charge in [-0.2, -0.15) is 0 Å². The smallest absolute Gasteiger partial charge is 0.279 e. The Morgan fingerprint density at radius 3 is 2.77 bits per heavy atom. The molecule has 0 radical (unpaired) electrons. The number of rotatable bonds is 6. The number of anilines is 1. The van der Waals surface area contributed by atoms with Crippen LogP contribution in [-0.4, -0.2) is 68.8 Å². The van der Waals surface area contributed by atoms with E-state index in [9.17, 15) is 9.59 Å². The highest BCUT2D eigenvalue weighted by molar-refractivity contribution is 5.93. The maximum absolute atomic E-state index is 12.4. The number of nitrogens with one attached hydrogen (secondary N) is 2. The van der Waals surface area contributed by atoms with Gasteiger partial charge in [0.25, 0.3) is 11.8 Å². The summed E-state index contributed by atoms with van der Waals surface area (Å²) >= 11 is 0. The van der Waals surface area contributed by atoms with E-state index in [1.807, 2.05) is 36.1 Å². The normalized spacial score (nSPS) is 20.8. The third-order valence-corrected chi connectivity index (χ3v) is 4.86. The van der Waals surface area contributed by atoms with E-state index in [4.69, 9.17) is 9.47 Å². The van der Waals surface area contributed by atoms with Crippen LogP contribution in [0.4, 0.5) is 5.69 Å². The Morgan fingerprint density at radius 1 is 1.31 bits per heavy atom. The number of hydrogen-bond donors (Lipinski definition) is 2. The first-order chi connectivity index (χ1) is 12.7. The molecular formula is C19H28N3O4+. The zero-order valence-electron chi connectivity index (χ0n) is 15.3. The van der Waals surface area contributed by atoms with E-state index in [0.717, 1.165) is 25.9 Å². The van der Waals surface area contributed by atoms with E-state index < -0.39 is 0 Å². The lowest BCUT2D eigenvalue weighted by Crippen LogP contribution is -3.15. The molecule has 1 aromatic rings. The van der Waals surface area contributed by atoms with Crippen molar-refractivity contribution in [2.24, 2.45) is 0 Å². The van der Waals surface area contributed by atoms with Crippen molar-refractivity contribution in [1.29, 1.82) is 0 Å². The van der Waals surface area contributed by atoms with Crippen molar-refractivity contribution in [2.45, 2.75) is 25.9 Å². The molecule has 2 N–H and O–H groups in total. The molecule has 0 aliphatic carbocycles. The van der Waals surface area contributed by atoms with Gasteiger partial charge in [-0.1, -0.05) is 12.1 Å². The second-order valence-corrected chi connectivity index (χ2v) is 6.73. The number of ether oxygens (including phenoxy) is 2. The molecule has 0 spiro atoms. The average Bonchev–Trinajstić information content (AvgIpc) is 3.18. The quantitative estimate of drug-likeness (QED) is 0.743. The number of quaternary nitrogens is 1. The predicted octanol–water partition coefficient (Wildman–Crippen LogP) is -0.0701. The molecule has 2 fully saturated rings. The van der Waals surface area contributed by atoms with Crippen LogP contribution in [0.1, 0.15) is 19.8 Å². The second-order valence-electron chi connectivity index (χ2n) is 6.73. The van der Waals surface area contributed by atoms with Gasteiger partial charge in [0.15, 0.2) is 6.54 Å². The van der Waals surface area contributed by atoms with Gasteiger partial charge in [0.1, 0.15) is 11.9 Å². The van der Waals surface area contributed by atoms with Gasteiger partial charge < -0.3 is 24.6 Å².